The Morgan fingerprint density at radius 3 is 2.35 bits per heavy atom. The summed E-state index contributed by atoms with van der Waals surface area (Å²) in [4.78, 5) is 12.3. The highest BCUT2D eigenvalue weighted by atomic mass is 32.2. The number of benzene rings is 3. The van der Waals surface area contributed by atoms with Crippen molar-refractivity contribution in [3.05, 3.63) is 83.4 Å². The highest BCUT2D eigenvalue weighted by Gasteiger charge is 2.08. The molecule has 0 heterocycles. The summed E-state index contributed by atoms with van der Waals surface area (Å²) in [7, 11) is -3.07. The second-order valence-corrected chi connectivity index (χ2v) is 8.55. The molecule has 0 spiro atoms. The molecule has 134 valence electrons. The van der Waals surface area contributed by atoms with E-state index in [4.69, 9.17) is 0 Å². The summed E-state index contributed by atoms with van der Waals surface area (Å²) in [5, 5.41) is 5.32. The van der Waals surface area contributed by atoms with Crippen molar-refractivity contribution < 1.29 is 13.2 Å². The molecule has 0 aliphatic carbocycles. The number of hydrogen-bond donors (Lipinski definition) is 1. The standard InChI is InChI=1S/C21H21NO3S/c1-26(24,25)15-16-9-11-19(12-10-16)21(23)22-14-13-18-7-4-6-17-5-2-3-8-20(17)18/h2-12H,13-15H2,1H3,(H,22,23). The van der Waals surface area contributed by atoms with Crippen molar-refractivity contribution in [3.8, 4) is 0 Å². The van der Waals surface area contributed by atoms with Crippen molar-refractivity contribution in [2.75, 3.05) is 12.8 Å². The number of carbonyl (C=O) groups excluding carboxylic acids is 1. The Bertz CT molecular complexity index is 1020. The molecule has 3 aromatic rings. The van der Waals surface area contributed by atoms with E-state index in [2.05, 4.69) is 29.6 Å². The van der Waals surface area contributed by atoms with Crippen LogP contribution in [0.1, 0.15) is 21.5 Å². The molecular formula is C21H21NO3S. The van der Waals surface area contributed by atoms with Gasteiger partial charge in [0.05, 0.1) is 5.75 Å². The number of rotatable bonds is 6. The lowest BCUT2D eigenvalue weighted by molar-refractivity contribution is 0.0954. The number of nitrogens with one attached hydrogen (secondary N) is 1. The first-order valence-electron chi connectivity index (χ1n) is 8.44. The van der Waals surface area contributed by atoms with Gasteiger partial charge in [-0.05, 0) is 40.5 Å². The van der Waals surface area contributed by atoms with Crippen LogP contribution in [-0.4, -0.2) is 27.1 Å². The summed E-state index contributed by atoms with van der Waals surface area (Å²) >= 11 is 0. The molecule has 3 rings (SSSR count). The SMILES string of the molecule is CS(=O)(=O)Cc1ccc(C(=O)NCCc2cccc3ccccc23)cc1. The molecule has 26 heavy (non-hydrogen) atoms. The number of carbonyl (C=O) groups is 1. The molecule has 0 aliphatic rings. The highest BCUT2D eigenvalue weighted by Crippen LogP contribution is 2.18. The fourth-order valence-electron chi connectivity index (χ4n) is 2.98. The number of amides is 1. The highest BCUT2D eigenvalue weighted by molar-refractivity contribution is 7.89. The average Bonchev–Trinajstić information content (AvgIpc) is 2.61. The average molecular weight is 367 g/mol. The normalized spacial score (nSPS) is 11.4. The fourth-order valence-corrected chi connectivity index (χ4v) is 3.78. The summed E-state index contributed by atoms with van der Waals surface area (Å²) < 4.78 is 22.6. The molecule has 0 radical (unpaired) electrons. The Labute approximate surface area is 153 Å². The van der Waals surface area contributed by atoms with E-state index in [0.717, 1.165) is 6.42 Å². The van der Waals surface area contributed by atoms with Crippen LogP contribution in [-0.2, 0) is 22.0 Å². The molecule has 0 fully saturated rings. The van der Waals surface area contributed by atoms with E-state index < -0.39 is 9.84 Å². The van der Waals surface area contributed by atoms with Crippen LogP contribution < -0.4 is 5.32 Å². The van der Waals surface area contributed by atoms with Crippen LogP contribution >= 0.6 is 0 Å². The fraction of sp³-hybridized carbons (Fsp3) is 0.190. The van der Waals surface area contributed by atoms with Crippen molar-refractivity contribution in [1.82, 2.24) is 5.32 Å². The molecule has 0 bridgehead atoms. The van der Waals surface area contributed by atoms with Gasteiger partial charge in [-0.1, -0.05) is 54.6 Å². The van der Waals surface area contributed by atoms with Gasteiger partial charge >= 0.3 is 0 Å². The van der Waals surface area contributed by atoms with Gasteiger partial charge in [0.15, 0.2) is 9.84 Å². The van der Waals surface area contributed by atoms with Gasteiger partial charge < -0.3 is 5.32 Å². The Morgan fingerprint density at radius 2 is 1.62 bits per heavy atom. The molecule has 0 aliphatic heterocycles. The van der Waals surface area contributed by atoms with E-state index in [9.17, 15) is 13.2 Å². The van der Waals surface area contributed by atoms with Crippen LogP contribution in [0.15, 0.2) is 66.7 Å². The molecule has 1 N–H and O–H groups in total. The van der Waals surface area contributed by atoms with Gasteiger partial charge in [0.25, 0.3) is 5.91 Å². The third-order valence-corrected chi connectivity index (χ3v) is 5.06. The van der Waals surface area contributed by atoms with E-state index in [0.29, 0.717) is 17.7 Å². The first kappa shape index (κ1) is 18.1. The quantitative estimate of drug-likeness (QED) is 0.727. The maximum Gasteiger partial charge on any atom is 0.251 e. The van der Waals surface area contributed by atoms with Crippen molar-refractivity contribution >= 4 is 26.5 Å². The maximum absolute atomic E-state index is 12.3. The molecule has 0 atom stereocenters. The second-order valence-electron chi connectivity index (χ2n) is 6.41. The Morgan fingerprint density at radius 1 is 0.923 bits per heavy atom. The summed E-state index contributed by atoms with van der Waals surface area (Å²) in [6.45, 7) is 0.540. The maximum atomic E-state index is 12.3. The summed E-state index contributed by atoms with van der Waals surface area (Å²) in [5.41, 5.74) is 2.41. The molecule has 0 saturated carbocycles. The van der Waals surface area contributed by atoms with Crippen LogP contribution in [0, 0.1) is 0 Å². The number of fused-ring (bicyclic) bond motifs is 1. The largest absolute Gasteiger partial charge is 0.352 e. The zero-order chi connectivity index (χ0) is 18.6. The lowest BCUT2D eigenvalue weighted by atomic mass is 10.0. The summed E-state index contributed by atoms with van der Waals surface area (Å²) in [6, 6.07) is 21.1. The minimum atomic E-state index is -3.07. The molecule has 0 unspecified atom stereocenters. The van der Waals surface area contributed by atoms with Gasteiger partial charge in [-0.25, -0.2) is 8.42 Å². The molecule has 0 aromatic heterocycles. The predicted molar refractivity (Wildman–Crippen MR) is 105 cm³/mol. The monoisotopic (exact) mass is 367 g/mol. The number of hydrogen-bond acceptors (Lipinski definition) is 3. The summed E-state index contributed by atoms with van der Waals surface area (Å²) in [6.07, 6.45) is 1.94. The van der Waals surface area contributed by atoms with Crippen molar-refractivity contribution in [2.45, 2.75) is 12.2 Å². The smallest absolute Gasteiger partial charge is 0.251 e. The van der Waals surface area contributed by atoms with Crippen LogP contribution in [0.3, 0.4) is 0 Å². The van der Waals surface area contributed by atoms with E-state index >= 15 is 0 Å². The first-order chi connectivity index (χ1) is 12.4. The Hall–Kier alpha value is -2.66. The Kier molecular flexibility index (Phi) is 5.38. The zero-order valence-corrected chi connectivity index (χ0v) is 15.4. The second kappa shape index (κ2) is 7.70. The van der Waals surface area contributed by atoms with Gasteiger partial charge in [0, 0.05) is 18.4 Å². The molecule has 3 aromatic carbocycles. The zero-order valence-electron chi connectivity index (χ0n) is 14.6. The third-order valence-electron chi connectivity index (χ3n) is 4.20. The van der Waals surface area contributed by atoms with Crippen LogP contribution in [0.5, 0.6) is 0 Å². The Balaban J connectivity index is 1.60. The predicted octanol–water partition coefficient (Wildman–Crippen LogP) is 3.36. The minimum absolute atomic E-state index is 0.0179. The van der Waals surface area contributed by atoms with Crippen LogP contribution in [0.4, 0.5) is 0 Å². The van der Waals surface area contributed by atoms with E-state index in [1.165, 1.54) is 22.6 Å². The third kappa shape index (κ3) is 4.70. The van der Waals surface area contributed by atoms with Crippen LogP contribution in [0.2, 0.25) is 0 Å². The van der Waals surface area contributed by atoms with Gasteiger partial charge in [0.1, 0.15) is 0 Å². The molecule has 1 amide bonds. The van der Waals surface area contributed by atoms with Gasteiger partial charge in [0.2, 0.25) is 0 Å². The van der Waals surface area contributed by atoms with Gasteiger partial charge in [-0.15, -0.1) is 0 Å². The minimum Gasteiger partial charge on any atom is -0.352 e. The van der Waals surface area contributed by atoms with Gasteiger partial charge in [-0.3, -0.25) is 4.79 Å². The van der Waals surface area contributed by atoms with E-state index in [-0.39, 0.29) is 11.7 Å². The molecule has 4 nitrogen and oxygen atoms in total. The van der Waals surface area contributed by atoms with E-state index in [1.54, 1.807) is 24.3 Å². The lowest BCUT2D eigenvalue weighted by Gasteiger charge is -2.09. The molecule has 0 saturated heterocycles. The van der Waals surface area contributed by atoms with Crippen LogP contribution in [0.25, 0.3) is 10.8 Å². The molecular weight excluding hydrogens is 346 g/mol. The summed E-state index contributed by atoms with van der Waals surface area (Å²) in [5.74, 6) is -0.174. The number of sulfone groups is 1. The molecule has 5 heteroatoms. The topological polar surface area (TPSA) is 63.2 Å². The van der Waals surface area contributed by atoms with Crippen molar-refractivity contribution in [2.24, 2.45) is 0 Å². The van der Waals surface area contributed by atoms with Crippen molar-refractivity contribution in [3.63, 3.8) is 0 Å². The first-order valence-corrected chi connectivity index (χ1v) is 10.5. The van der Waals surface area contributed by atoms with Crippen molar-refractivity contribution in [1.29, 1.82) is 0 Å². The van der Waals surface area contributed by atoms with E-state index in [1.807, 2.05) is 18.2 Å². The lowest BCUT2D eigenvalue weighted by Crippen LogP contribution is -2.25. The van der Waals surface area contributed by atoms with Gasteiger partial charge in [-0.2, -0.15) is 0 Å².